The SMILES string of the molecule is CC.COc1ccccc1C(=O)O. The topological polar surface area (TPSA) is 46.5 Å². The van der Waals surface area contributed by atoms with Gasteiger partial charge in [0.2, 0.25) is 0 Å². The Morgan fingerprint density at radius 1 is 1.31 bits per heavy atom. The van der Waals surface area contributed by atoms with Gasteiger partial charge in [-0.05, 0) is 12.1 Å². The summed E-state index contributed by atoms with van der Waals surface area (Å²) in [6, 6.07) is 6.50. The quantitative estimate of drug-likeness (QED) is 0.764. The lowest BCUT2D eigenvalue weighted by Gasteiger charge is -2.01. The average molecular weight is 182 g/mol. The Balaban J connectivity index is 0.000000671. The number of hydrogen-bond donors (Lipinski definition) is 1. The summed E-state index contributed by atoms with van der Waals surface area (Å²) < 4.78 is 4.83. The maximum atomic E-state index is 10.5. The van der Waals surface area contributed by atoms with Crippen LogP contribution in [-0.2, 0) is 0 Å². The number of ether oxygens (including phenoxy) is 1. The molecule has 0 heterocycles. The maximum absolute atomic E-state index is 10.5. The molecule has 72 valence electrons. The molecule has 0 fully saturated rings. The van der Waals surface area contributed by atoms with Crippen molar-refractivity contribution in [3.63, 3.8) is 0 Å². The molecule has 0 aromatic heterocycles. The third kappa shape index (κ3) is 3.15. The smallest absolute Gasteiger partial charge is 0.339 e. The average Bonchev–Trinajstić information content (AvgIpc) is 2.20. The third-order valence-electron chi connectivity index (χ3n) is 1.34. The van der Waals surface area contributed by atoms with Crippen molar-refractivity contribution in [1.82, 2.24) is 0 Å². The van der Waals surface area contributed by atoms with Gasteiger partial charge in [0.1, 0.15) is 11.3 Å². The molecule has 1 aromatic carbocycles. The van der Waals surface area contributed by atoms with Crippen LogP contribution in [0.4, 0.5) is 0 Å². The van der Waals surface area contributed by atoms with Crippen LogP contribution in [0.2, 0.25) is 0 Å². The Morgan fingerprint density at radius 3 is 2.23 bits per heavy atom. The second-order valence-electron chi connectivity index (χ2n) is 2.01. The van der Waals surface area contributed by atoms with Crippen LogP contribution in [0.15, 0.2) is 24.3 Å². The summed E-state index contributed by atoms with van der Waals surface area (Å²) in [5, 5.41) is 8.62. The van der Waals surface area contributed by atoms with Crippen LogP contribution >= 0.6 is 0 Å². The Labute approximate surface area is 78.0 Å². The van der Waals surface area contributed by atoms with Gasteiger partial charge < -0.3 is 9.84 Å². The highest BCUT2D eigenvalue weighted by atomic mass is 16.5. The number of rotatable bonds is 2. The normalized spacial score (nSPS) is 8.23. The minimum absolute atomic E-state index is 0.190. The van der Waals surface area contributed by atoms with E-state index in [1.54, 1.807) is 18.2 Å². The molecule has 0 amide bonds. The first-order valence-electron chi connectivity index (χ1n) is 4.12. The standard InChI is InChI=1S/C8H8O3.C2H6/c1-11-7-5-3-2-4-6(7)8(9)10;1-2/h2-5H,1H3,(H,9,10);1-2H3. The molecule has 0 saturated carbocycles. The molecular formula is C10H14O3. The lowest BCUT2D eigenvalue weighted by Crippen LogP contribution is -1.99. The molecule has 3 nitrogen and oxygen atoms in total. The predicted molar refractivity (Wildman–Crippen MR) is 51.3 cm³/mol. The number of hydrogen-bond acceptors (Lipinski definition) is 2. The number of carboxylic acids is 1. The molecule has 0 unspecified atom stereocenters. The van der Waals surface area contributed by atoms with E-state index in [9.17, 15) is 4.79 Å². The molecule has 13 heavy (non-hydrogen) atoms. The predicted octanol–water partition coefficient (Wildman–Crippen LogP) is 2.42. The lowest BCUT2D eigenvalue weighted by molar-refractivity contribution is 0.0693. The van der Waals surface area contributed by atoms with Gasteiger partial charge in [-0.25, -0.2) is 4.79 Å². The van der Waals surface area contributed by atoms with Crippen LogP contribution < -0.4 is 4.74 Å². The van der Waals surface area contributed by atoms with E-state index >= 15 is 0 Å². The molecule has 0 bridgehead atoms. The Kier molecular flexibility index (Phi) is 5.35. The lowest BCUT2D eigenvalue weighted by atomic mass is 10.2. The largest absolute Gasteiger partial charge is 0.496 e. The van der Waals surface area contributed by atoms with Crippen molar-refractivity contribution >= 4 is 5.97 Å². The minimum atomic E-state index is -0.970. The summed E-state index contributed by atoms with van der Waals surface area (Å²) in [5.74, 6) is -0.581. The number of aromatic carboxylic acids is 1. The van der Waals surface area contributed by atoms with E-state index in [1.807, 2.05) is 13.8 Å². The van der Waals surface area contributed by atoms with Crippen molar-refractivity contribution in [3.8, 4) is 5.75 Å². The van der Waals surface area contributed by atoms with Crippen LogP contribution in [0.5, 0.6) is 5.75 Å². The molecule has 1 aromatic rings. The summed E-state index contributed by atoms with van der Waals surface area (Å²) in [4.78, 5) is 10.5. The van der Waals surface area contributed by atoms with Gasteiger partial charge in [0.15, 0.2) is 0 Å². The van der Waals surface area contributed by atoms with Gasteiger partial charge in [0.05, 0.1) is 7.11 Å². The first kappa shape index (κ1) is 11.5. The Hall–Kier alpha value is -1.51. The van der Waals surface area contributed by atoms with Gasteiger partial charge in [-0.2, -0.15) is 0 Å². The fourth-order valence-electron chi connectivity index (χ4n) is 0.821. The zero-order valence-electron chi connectivity index (χ0n) is 8.07. The zero-order valence-corrected chi connectivity index (χ0v) is 8.07. The molecule has 0 aliphatic rings. The number of carbonyl (C=O) groups is 1. The molecular weight excluding hydrogens is 168 g/mol. The summed E-state index contributed by atoms with van der Waals surface area (Å²) >= 11 is 0. The fourth-order valence-corrected chi connectivity index (χ4v) is 0.821. The molecule has 0 atom stereocenters. The minimum Gasteiger partial charge on any atom is -0.496 e. The Bertz CT molecular complexity index is 269. The summed E-state index contributed by atoms with van der Waals surface area (Å²) in [6.45, 7) is 4.00. The highest BCUT2D eigenvalue weighted by Crippen LogP contribution is 2.16. The van der Waals surface area contributed by atoms with Gasteiger partial charge in [-0.3, -0.25) is 0 Å². The Morgan fingerprint density at radius 2 is 1.85 bits per heavy atom. The summed E-state index contributed by atoms with van der Waals surface area (Å²) in [6.07, 6.45) is 0. The van der Waals surface area contributed by atoms with E-state index in [0.717, 1.165) is 0 Å². The monoisotopic (exact) mass is 182 g/mol. The van der Waals surface area contributed by atoms with E-state index in [4.69, 9.17) is 9.84 Å². The van der Waals surface area contributed by atoms with Crippen LogP contribution in [-0.4, -0.2) is 18.2 Å². The van der Waals surface area contributed by atoms with Gasteiger partial charge in [-0.15, -0.1) is 0 Å². The fraction of sp³-hybridized carbons (Fsp3) is 0.300. The molecule has 1 N–H and O–H groups in total. The third-order valence-corrected chi connectivity index (χ3v) is 1.34. The van der Waals surface area contributed by atoms with Crippen molar-refractivity contribution in [2.45, 2.75) is 13.8 Å². The molecule has 3 heteroatoms. The molecule has 1 rings (SSSR count). The van der Waals surface area contributed by atoms with Crippen LogP contribution in [0.3, 0.4) is 0 Å². The van der Waals surface area contributed by atoms with Gasteiger partial charge >= 0.3 is 5.97 Å². The molecule has 0 saturated heterocycles. The van der Waals surface area contributed by atoms with E-state index < -0.39 is 5.97 Å². The zero-order chi connectivity index (χ0) is 10.3. The molecule has 0 aliphatic carbocycles. The van der Waals surface area contributed by atoms with Crippen LogP contribution in [0.25, 0.3) is 0 Å². The number of benzene rings is 1. The highest BCUT2D eigenvalue weighted by Gasteiger charge is 2.07. The van der Waals surface area contributed by atoms with Crippen molar-refractivity contribution in [3.05, 3.63) is 29.8 Å². The summed E-state index contributed by atoms with van der Waals surface area (Å²) in [5.41, 5.74) is 0.190. The molecule has 0 radical (unpaired) electrons. The van der Waals surface area contributed by atoms with E-state index in [2.05, 4.69) is 0 Å². The molecule has 0 aliphatic heterocycles. The number of methoxy groups -OCH3 is 1. The van der Waals surface area contributed by atoms with Gasteiger partial charge in [-0.1, -0.05) is 26.0 Å². The van der Waals surface area contributed by atoms with E-state index in [0.29, 0.717) is 5.75 Å². The van der Waals surface area contributed by atoms with E-state index in [1.165, 1.54) is 13.2 Å². The first-order valence-corrected chi connectivity index (χ1v) is 4.12. The van der Waals surface area contributed by atoms with Crippen molar-refractivity contribution in [1.29, 1.82) is 0 Å². The first-order chi connectivity index (χ1) is 6.25. The van der Waals surface area contributed by atoms with Crippen molar-refractivity contribution in [2.24, 2.45) is 0 Å². The highest BCUT2D eigenvalue weighted by molar-refractivity contribution is 5.90. The van der Waals surface area contributed by atoms with Crippen molar-refractivity contribution in [2.75, 3.05) is 7.11 Å². The molecule has 0 spiro atoms. The summed E-state index contributed by atoms with van der Waals surface area (Å²) in [7, 11) is 1.45. The van der Waals surface area contributed by atoms with Gasteiger partial charge in [0, 0.05) is 0 Å². The maximum Gasteiger partial charge on any atom is 0.339 e. The number of para-hydroxylation sites is 1. The van der Waals surface area contributed by atoms with E-state index in [-0.39, 0.29) is 5.56 Å². The second kappa shape index (κ2) is 6.06. The van der Waals surface area contributed by atoms with Crippen LogP contribution in [0, 0.1) is 0 Å². The number of carboxylic acid groups (broad SMARTS) is 1. The second-order valence-corrected chi connectivity index (χ2v) is 2.01. The van der Waals surface area contributed by atoms with Crippen LogP contribution in [0.1, 0.15) is 24.2 Å². The van der Waals surface area contributed by atoms with Gasteiger partial charge in [0.25, 0.3) is 0 Å². The van der Waals surface area contributed by atoms with Crippen molar-refractivity contribution < 1.29 is 14.6 Å².